The molecule has 0 unspecified atom stereocenters. The first-order valence-corrected chi connectivity index (χ1v) is 21.4. The Hall–Kier alpha value is 0.159. The molecule has 226 valence electrons. The molecule has 0 saturated heterocycles. The summed E-state index contributed by atoms with van der Waals surface area (Å²) >= 11 is 0. The van der Waals surface area contributed by atoms with E-state index in [2.05, 4.69) is 161 Å². The van der Waals surface area contributed by atoms with Gasteiger partial charge in [0.25, 0.3) is 0 Å². The van der Waals surface area contributed by atoms with Gasteiger partial charge in [-0.25, -0.2) is 11.1 Å². The Balaban J connectivity index is -0.0000000960. The minimum atomic E-state index is -1.04. The molecule has 0 aliphatic heterocycles. The molecule has 4 heteroatoms. The van der Waals surface area contributed by atoms with Gasteiger partial charge in [-0.15, -0.1) is 15.0 Å². The van der Waals surface area contributed by atoms with Crippen LogP contribution in [-0.4, -0.2) is 33.5 Å². The Morgan fingerprint density at radius 3 is 0.975 bits per heavy atom. The third kappa shape index (κ3) is 23.7. The molecule has 0 heterocycles. The summed E-state index contributed by atoms with van der Waals surface area (Å²) in [5.74, 6) is 1.17. The van der Waals surface area contributed by atoms with Crippen molar-refractivity contribution in [2.24, 2.45) is 11.8 Å². The Morgan fingerprint density at radius 2 is 0.900 bits per heavy atom. The molecule has 2 aromatic rings. The maximum absolute atomic E-state index is 4.00. The number of rotatable bonds is 2. The molecule has 0 fully saturated rings. The smallest absolute Gasteiger partial charge is 1.00 e. The van der Waals surface area contributed by atoms with E-state index in [0.29, 0.717) is 11.8 Å². The third-order valence-electron chi connectivity index (χ3n) is 6.34. The monoisotopic (exact) mass is 672 g/mol. The predicted molar refractivity (Wildman–Crippen MR) is 193 cm³/mol. The van der Waals surface area contributed by atoms with Crippen molar-refractivity contribution in [1.82, 2.24) is 0 Å². The Bertz CT molecular complexity index is 721. The SMILES string of the molecule is C[Si](C)(C)[C-]=C[Si](C)(C)C.Cc1c(C)c(C)[c-](C)c1C.[Al+3].[CH2-]C(C)C.[CH2-]C(C)C.[CH2-]c1c(C)c(C)[c-](C)c1C.[H-].[Zr+4]. The number of hydrogen-bond donors (Lipinski definition) is 0. The van der Waals surface area contributed by atoms with Crippen LogP contribution in [0.25, 0.3) is 0 Å². The first kappa shape index (κ1) is 49.8. The van der Waals surface area contributed by atoms with Gasteiger partial charge >= 0.3 is 43.6 Å². The summed E-state index contributed by atoms with van der Waals surface area (Å²) in [4.78, 5) is 0. The Morgan fingerprint density at radius 1 is 0.650 bits per heavy atom. The van der Waals surface area contributed by atoms with E-state index in [1.54, 1.807) is 0 Å². The molecular formula is C36H67AlSi2Zr. The molecule has 0 amide bonds. The molecule has 0 radical (unpaired) electrons. The average Bonchev–Trinajstić information content (AvgIpc) is 3.02. The summed E-state index contributed by atoms with van der Waals surface area (Å²) in [7, 11) is -2.01. The standard InChI is InChI=1S/C10H15.C10H14.C8H19Si2.2C4H9.Al.Zr.H/c2*1-6-7(2)9(4)10(5)8(6)3;1-9(2,3)7-8-10(4,5)6;2*1-4(2)3;;;/h1-5H3;1H2,2-5H3;7H,1-6H3;2*4H,1H2,2-3H3;;;/q-1;-2;3*-1;+3;+4;-1. The van der Waals surface area contributed by atoms with Gasteiger partial charge in [-0.1, -0.05) is 122 Å². The van der Waals surface area contributed by atoms with E-state index in [4.69, 9.17) is 0 Å². The first-order chi connectivity index (χ1) is 16.8. The molecule has 0 N–H and O–H groups in total. The van der Waals surface area contributed by atoms with Crippen molar-refractivity contribution in [3.05, 3.63) is 87.8 Å². The third-order valence-corrected chi connectivity index (χ3v) is 8.65. The maximum Gasteiger partial charge on any atom is 4.00 e. The molecule has 0 spiro atoms. The fraction of sp³-hybridized carbons (Fsp3) is 0.583. The normalized spacial score (nSPS) is 10.7. The average molecular weight is 674 g/mol. The zero-order valence-corrected chi connectivity index (χ0v) is 36.0. The molecule has 0 aliphatic rings. The maximum atomic E-state index is 4.00. The van der Waals surface area contributed by atoms with Gasteiger partial charge in [0.2, 0.25) is 0 Å². The van der Waals surface area contributed by atoms with Gasteiger partial charge in [0, 0.05) is 8.07 Å². The minimum absolute atomic E-state index is 0. The molecule has 2 aromatic carbocycles. The van der Waals surface area contributed by atoms with Gasteiger partial charge in [0.15, 0.2) is 0 Å². The summed E-state index contributed by atoms with van der Waals surface area (Å²) in [6.45, 7) is 53.1. The van der Waals surface area contributed by atoms with Crippen LogP contribution in [-0.2, 0) is 26.2 Å². The van der Waals surface area contributed by atoms with Gasteiger partial charge in [-0.05, 0) is 0 Å². The Kier molecular flexibility index (Phi) is 28.2. The summed E-state index contributed by atoms with van der Waals surface area (Å²) in [5, 5.41) is 0. The van der Waals surface area contributed by atoms with E-state index in [-0.39, 0.29) is 45.0 Å². The van der Waals surface area contributed by atoms with E-state index in [1.165, 1.54) is 55.6 Å². The van der Waals surface area contributed by atoms with Crippen LogP contribution in [0.5, 0.6) is 0 Å². The van der Waals surface area contributed by atoms with E-state index >= 15 is 0 Å². The van der Waals surface area contributed by atoms with Gasteiger partial charge < -0.3 is 21.0 Å². The van der Waals surface area contributed by atoms with Crippen molar-refractivity contribution < 1.29 is 27.6 Å². The van der Waals surface area contributed by atoms with Gasteiger partial charge in [-0.2, -0.15) is 45.2 Å². The minimum Gasteiger partial charge on any atom is -1.00 e. The van der Waals surface area contributed by atoms with E-state index in [9.17, 15) is 0 Å². The fourth-order valence-electron chi connectivity index (χ4n) is 3.14. The molecule has 40 heavy (non-hydrogen) atoms. The fourth-order valence-corrected chi connectivity index (χ4v) is 6.60. The van der Waals surface area contributed by atoms with Crippen molar-refractivity contribution in [3.63, 3.8) is 0 Å². The molecular weight excluding hydrogens is 607 g/mol. The molecule has 2 rings (SSSR count). The van der Waals surface area contributed by atoms with Crippen LogP contribution < -0.4 is 0 Å². The zero-order valence-electron chi connectivity index (χ0n) is 31.4. The summed E-state index contributed by atoms with van der Waals surface area (Å²) in [6, 6.07) is 0. The topological polar surface area (TPSA) is 0 Å². The van der Waals surface area contributed by atoms with Crippen LogP contribution in [0.4, 0.5) is 0 Å². The van der Waals surface area contributed by atoms with Crippen molar-refractivity contribution in [3.8, 4) is 0 Å². The van der Waals surface area contributed by atoms with Gasteiger partial charge in [0.05, 0.1) is 0 Å². The van der Waals surface area contributed by atoms with Crippen LogP contribution >= 0.6 is 0 Å². The van der Waals surface area contributed by atoms with E-state index in [0.717, 1.165) is 0 Å². The molecule has 0 saturated carbocycles. The van der Waals surface area contributed by atoms with Crippen LogP contribution in [0.3, 0.4) is 0 Å². The second-order valence-corrected chi connectivity index (χ2v) is 23.6. The first-order valence-electron chi connectivity index (χ1n) is 14.3. The zero-order chi connectivity index (χ0) is 31.3. The number of hydrogen-bond acceptors (Lipinski definition) is 0. The van der Waals surface area contributed by atoms with Crippen LogP contribution in [0.15, 0.2) is 5.70 Å². The van der Waals surface area contributed by atoms with E-state index < -0.39 is 16.1 Å². The van der Waals surface area contributed by atoms with Crippen molar-refractivity contribution in [1.29, 1.82) is 0 Å². The second kappa shape index (κ2) is 22.7. The molecule has 0 nitrogen and oxygen atoms in total. The van der Waals surface area contributed by atoms with Crippen molar-refractivity contribution >= 4 is 33.5 Å². The molecule has 0 atom stereocenters. The summed E-state index contributed by atoms with van der Waals surface area (Å²) in [6.07, 6.45) is 0. The van der Waals surface area contributed by atoms with Crippen molar-refractivity contribution in [2.45, 2.75) is 129 Å². The van der Waals surface area contributed by atoms with E-state index in [1.807, 2.05) is 0 Å². The Labute approximate surface area is 288 Å². The largest absolute Gasteiger partial charge is 4.00 e. The van der Waals surface area contributed by atoms with Crippen LogP contribution in [0.1, 0.15) is 84.8 Å². The van der Waals surface area contributed by atoms with Crippen LogP contribution in [0.2, 0.25) is 39.3 Å². The molecule has 0 bridgehead atoms. The molecule has 0 aromatic heterocycles. The molecule has 0 aliphatic carbocycles. The summed E-state index contributed by atoms with van der Waals surface area (Å²) < 4.78 is 0. The van der Waals surface area contributed by atoms with Crippen LogP contribution in [0, 0.1) is 101 Å². The summed E-state index contributed by atoms with van der Waals surface area (Å²) in [5.41, 5.74) is 20.0. The van der Waals surface area contributed by atoms with Gasteiger partial charge in [-0.3, -0.25) is 23.7 Å². The second-order valence-electron chi connectivity index (χ2n) is 13.8. The predicted octanol–water partition coefficient (Wildman–Crippen LogP) is 11.6. The quantitative estimate of drug-likeness (QED) is 0.220. The van der Waals surface area contributed by atoms with Crippen molar-refractivity contribution in [2.75, 3.05) is 0 Å². The van der Waals surface area contributed by atoms with Gasteiger partial charge in [0.1, 0.15) is 0 Å².